The fourth-order valence-electron chi connectivity index (χ4n) is 2.97. The highest BCUT2D eigenvalue weighted by Crippen LogP contribution is 2.17. The van der Waals surface area contributed by atoms with Crippen LogP contribution in [0.15, 0.2) is 48.5 Å². The number of carbonyl (C=O) groups is 1. The van der Waals surface area contributed by atoms with Crippen LogP contribution in [0.2, 0.25) is 0 Å². The van der Waals surface area contributed by atoms with E-state index < -0.39 is 0 Å². The van der Waals surface area contributed by atoms with Gasteiger partial charge in [-0.1, -0.05) is 36.4 Å². The first-order valence-corrected chi connectivity index (χ1v) is 8.12. The summed E-state index contributed by atoms with van der Waals surface area (Å²) in [6.07, 6.45) is 1.09. The third-order valence-corrected chi connectivity index (χ3v) is 4.38. The molecule has 3 rings (SSSR count). The van der Waals surface area contributed by atoms with Crippen molar-refractivity contribution in [3.05, 3.63) is 70.8 Å². The minimum absolute atomic E-state index is 0. The van der Waals surface area contributed by atoms with E-state index in [0.29, 0.717) is 18.7 Å². The lowest BCUT2D eigenvalue weighted by Crippen LogP contribution is -2.37. The Morgan fingerprint density at radius 3 is 2.50 bits per heavy atom. The lowest BCUT2D eigenvalue weighted by molar-refractivity contribution is 0.0947. The fraction of sp³-hybridized carbons (Fsp3) is 0.316. The van der Waals surface area contributed by atoms with Crippen LogP contribution >= 0.6 is 12.4 Å². The molecule has 3 N–H and O–H groups in total. The van der Waals surface area contributed by atoms with Crippen LogP contribution in [0.1, 0.15) is 27.0 Å². The summed E-state index contributed by atoms with van der Waals surface area (Å²) in [6, 6.07) is 16.1. The molecule has 0 bridgehead atoms. The number of amides is 1. The van der Waals surface area contributed by atoms with Gasteiger partial charge in [-0.3, -0.25) is 9.69 Å². The van der Waals surface area contributed by atoms with Gasteiger partial charge in [0.2, 0.25) is 0 Å². The zero-order valence-corrected chi connectivity index (χ0v) is 14.5. The standard InChI is InChI=1S/C19H23N3O.ClH/c20-13-15-5-7-17(8-6-15)19(23)21-10-12-22-11-9-16-3-1-2-4-18(16)14-22;/h1-8H,9-14,20H2,(H,21,23);1H. The Balaban J connectivity index is 0.00000208. The molecule has 0 aliphatic carbocycles. The maximum absolute atomic E-state index is 12.1. The van der Waals surface area contributed by atoms with Gasteiger partial charge >= 0.3 is 0 Å². The van der Waals surface area contributed by atoms with Crippen LogP contribution in [-0.2, 0) is 19.5 Å². The predicted molar refractivity (Wildman–Crippen MR) is 99.3 cm³/mol. The van der Waals surface area contributed by atoms with Gasteiger partial charge in [0.25, 0.3) is 5.91 Å². The van der Waals surface area contributed by atoms with Crippen LogP contribution in [0.25, 0.3) is 0 Å². The summed E-state index contributed by atoms with van der Waals surface area (Å²) < 4.78 is 0. The molecule has 128 valence electrons. The molecule has 1 amide bonds. The van der Waals surface area contributed by atoms with Crippen molar-refractivity contribution < 1.29 is 4.79 Å². The van der Waals surface area contributed by atoms with Gasteiger partial charge in [-0.05, 0) is 35.2 Å². The number of benzene rings is 2. The van der Waals surface area contributed by atoms with Crippen molar-refractivity contribution in [3.63, 3.8) is 0 Å². The maximum atomic E-state index is 12.1. The Morgan fingerprint density at radius 2 is 1.79 bits per heavy atom. The smallest absolute Gasteiger partial charge is 0.251 e. The van der Waals surface area contributed by atoms with Crippen molar-refractivity contribution in [1.29, 1.82) is 0 Å². The molecule has 4 nitrogen and oxygen atoms in total. The van der Waals surface area contributed by atoms with E-state index in [1.165, 1.54) is 11.1 Å². The number of carbonyl (C=O) groups excluding carboxylic acids is 1. The maximum Gasteiger partial charge on any atom is 0.251 e. The zero-order chi connectivity index (χ0) is 16.1. The van der Waals surface area contributed by atoms with Gasteiger partial charge in [0.15, 0.2) is 0 Å². The highest BCUT2D eigenvalue weighted by Gasteiger charge is 2.15. The largest absolute Gasteiger partial charge is 0.351 e. The van der Waals surface area contributed by atoms with E-state index in [4.69, 9.17) is 5.73 Å². The Hall–Kier alpha value is -1.88. The average molecular weight is 346 g/mol. The first kappa shape index (κ1) is 18.5. The summed E-state index contributed by atoms with van der Waals surface area (Å²) in [4.78, 5) is 14.5. The number of nitrogens with two attached hydrogens (primary N) is 1. The average Bonchev–Trinajstić information content (AvgIpc) is 2.61. The highest BCUT2D eigenvalue weighted by atomic mass is 35.5. The Bertz CT molecular complexity index is 673. The number of nitrogens with one attached hydrogen (secondary N) is 1. The predicted octanol–water partition coefficient (Wildman–Crippen LogP) is 2.36. The summed E-state index contributed by atoms with van der Waals surface area (Å²) in [5, 5.41) is 3.00. The quantitative estimate of drug-likeness (QED) is 0.874. The van der Waals surface area contributed by atoms with E-state index >= 15 is 0 Å². The zero-order valence-electron chi connectivity index (χ0n) is 13.7. The first-order valence-electron chi connectivity index (χ1n) is 8.12. The van der Waals surface area contributed by atoms with E-state index in [-0.39, 0.29) is 18.3 Å². The molecule has 0 atom stereocenters. The number of halogens is 1. The molecule has 1 heterocycles. The molecule has 24 heavy (non-hydrogen) atoms. The second-order valence-electron chi connectivity index (χ2n) is 5.95. The lowest BCUT2D eigenvalue weighted by Gasteiger charge is -2.28. The highest BCUT2D eigenvalue weighted by molar-refractivity contribution is 5.94. The van der Waals surface area contributed by atoms with E-state index in [9.17, 15) is 4.79 Å². The van der Waals surface area contributed by atoms with E-state index in [0.717, 1.165) is 31.6 Å². The second-order valence-corrected chi connectivity index (χ2v) is 5.95. The number of hydrogen-bond donors (Lipinski definition) is 2. The molecular formula is C19H24ClN3O. The molecule has 1 aliphatic heterocycles. The number of fused-ring (bicyclic) bond motifs is 1. The molecule has 0 saturated carbocycles. The van der Waals surface area contributed by atoms with Crippen LogP contribution in [-0.4, -0.2) is 30.4 Å². The van der Waals surface area contributed by atoms with Crippen molar-refractivity contribution in [2.75, 3.05) is 19.6 Å². The monoisotopic (exact) mass is 345 g/mol. The van der Waals surface area contributed by atoms with Gasteiger partial charge in [-0.15, -0.1) is 12.4 Å². The van der Waals surface area contributed by atoms with Gasteiger partial charge < -0.3 is 11.1 Å². The minimum Gasteiger partial charge on any atom is -0.351 e. The first-order chi connectivity index (χ1) is 11.3. The van der Waals surface area contributed by atoms with E-state index in [1.807, 2.05) is 24.3 Å². The normalized spacial score (nSPS) is 13.7. The Labute approximate surface area is 149 Å². The molecule has 2 aromatic carbocycles. The van der Waals surface area contributed by atoms with Gasteiger partial charge in [0.1, 0.15) is 0 Å². The Morgan fingerprint density at radius 1 is 1.08 bits per heavy atom. The number of hydrogen-bond acceptors (Lipinski definition) is 3. The summed E-state index contributed by atoms with van der Waals surface area (Å²) in [6.45, 7) is 4.06. The van der Waals surface area contributed by atoms with Crippen molar-refractivity contribution in [2.45, 2.75) is 19.5 Å². The molecule has 0 unspecified atom stereocenters. The molecular weight excluding hydrogens is 322 g/mol. The van der Waals surface area contributed by atoms with Crippen LogP contribution in [0.3, 0.4) is 0 Å². The van der Waals surface area contributed by atoms with E-state index in [1.54, 1.807) is 0 Å². The topological polar surface area (TPSA) is 58.4 Å². The summed E-state index contributed by atoms with van der Waals surface area (Å²) in [5.41, 5.74) is 10.1. The summed E-state index contributed by atoms with van der Waals surface area (Å²) in [7, 11) is 0. The SMILES string of the molecule is Cl.NCc1ccc(C(=O)NCCN2CCc3ccccc3C2)cc1. The fourth-order valence-corrected chi connectivity index (χ4v) is 2.97. The Kier molecular flexibility index (Phi) is 6.79. The molecule has 0 radical (unpaired) electrons. The second kappa shape index (κ2) is 8.83. The van der Waals surface area contributed by atoms with Crippen molar-refractivity contribution in [2.24, 2.45) is 5.73 Å². The third kappa shape index (κ3) is 4.57. The third-order valence-electron chi connectivity index (χ3n) is 4.38. The van der Waals surface area contributed by atoms with Crippen LogP contribution in [0.5, 0.6) is 0 Å². The van der Waals surface area contributed by atoms with Crippen molar-refractivity contribution in [1.82, 2.24) is 10.2 Å². The van der Waals surface area contributed by atoms with Gasteiger partial charge in [-0.25, -0.2) is 0 Å². The number of nitrogens with zero attached hydrogens (tertiary/aromatic N) is 1. The molecule has 0 aromatic heterocycles. The van der Waals surface area contributed by atoms with Crippen molar-refractivity contribution >= 4 is 18.3 Å². The number of rotatable bonds is 5. The summed E-state index contributed by atoms with van der Waals surface area (Å²) in [5.74, 6) is -0.0222. The molecule has 2 aromatic rings. The molecule has 5 heteroatoms. The van der Waals surface area contributed by atoms with Crippen molar-refractivity contribution in [3.8, 4) is 0 Å². The molecule has 0 spiro atoms. The van der Waals surface area contributed by atoms with Crippen LogP contribution in [0.4, 0.5) is 0 Å². The molecule has 0 fully saturated rings. The molecule has 0 saturated heterocycles. The van der Waals surface area contributed by atoms with Gasteiger partial charge in [-0.2, -0.15) is 0 Å². The van der Waals surface area contributed by atoms with Crippen LogP contribution in [0, 0.1) is 0 Å². The molecule has 1 aliphatic rings. The van der Waals surface area contributed by atoms with E-state index in [2.05, 4.69) is 34.5 Å². The van der Waals surface area contributed by atoms with Crippen LogP contribution < -0.4 is 11.1 Å². The summed E-state index contributed by atoms with van der Waals surface area (Å²) >= 11 is 0. The van der Waals surface area contributed by atoms with Gasteiger partial charge in [0.05, 0.1) is 0 Å². The lowest BCUT2D eigenvalue weighted by atomic mass is 10.00. The van der Waals surface area contributed by atoms with Gasteiger partial charge in [0, 0.05) is 38.3 Å². The minimum atomic E-state index is -0.0222.